The lowest BCUT2D eigenvalue weighted by molar-refractivity contribution is 0.579. The Kier molecular flexibility index (Phi) is 8.38. The van der Waals surface area contributed by atoms with E-state index in [0.29, 0.717) is 0 Å². The van der Waals surface area contributed by atoms with E-state index in [0.717, 1.165) is 0 Å². The van der Waals surface area contributed by atoms with E-state index in [1.165, 1.54) is 121 Å². The van der Waals surface area contributed by atoms with Gasteiger partial charge in [-0.2, -0.15) is 0 Å². The van der Waals surface area contributed by atoms with Crippen LogP contribution >= 0.6 is 0 Å². The van der Waals surface area contributed by atoms with Gasteiger partial charge in [-0.3, -0.25) is 0 Å². The summed E-state index contributed by atoms with van der Waals surface area (Å²) in [6.07, 6.45) is 0. The zero-order valence-corrected chi connectivity index (χ0v) is 40.4. The third-order valence-electron chi connectivity index (χ3n) is 15.2. The Morgan fingerprint density at radius 1 is 0.290 bits per heavy atom. The van der Waals surface area contributed by atoms with Crippen LogP contribution in [0.3, 0.4) is 0 Å². The molecule has 0 nitrogen and oxygen atoms in total. The smallest absolute Gasteiger partial charge is 0.0159 e. The van der Waals surface area contributed by atoms with Crippen molar-refractivity contribution in [3.05, 3.63) is 154 Å². The Bertz CT molecular complexity index is 2900. The van der Waals surface area contributed by atoms with Crippen LogP contribution in [-0.4, -0.2) is 0 Å². The summed E-state index contributed by atoms with van der Waals surface area (Å²) >= 11 is 0. The third-order valence-corrected chi connectivity index (χ3v) is 15.2. The molecule has 0 unspecified atom stereocenters. The Labute approximate surface area is 372 Å². The van der Waals surface area contributed by atoms with Crippen molar-refractivity contribution in [3.63, 3.8) is 0 Å². The van der Waals surface area contributed by atoms with Gasteiger partial charge in [-0.1, -0.05) is 184 Å². The molecule has 314 valence electrons. The van der Waals surface area contributed by atoms with Gasteiger partial charge in [-0.05, 0) is 179 Å². The average molecular weight is 811 g/mol. The van der Waals surface area contributed by atoms with Crippen molar-refractivity contribution in [2.45, 2.75) is 143 Å². The van der Waals surface area contributed by atoms with Gasteiger partial charge in [0, 0.05) is 10.8 Å². The molecule has 0 saturated heterocycles. The molecule has 0 amide bonds. The molecule has 0 N–H and O–H groups in total. The number of hydrogen-bond donors (Lipinski definition) is 0. The fourth-order valence-electron chi connectivity index (χ4n) is 11.1. The van der Waals surface area contributed by atoms with E-state index in [1.54, 1.807) is 0 Å². The maximum absolute atomic E-state index is 2.52. The van der Waals surface area contributed by atoms with Gasteiger partial charge in [0.1, 0.15) is 0 Å². The maximum Gasteiger partial charge on any atom is 0.0159 e. The summed E-state index contributed by atoms with van der Waals surface area (Å²) in [5.74, 6) is 0. The van der Waals surface area contributed by atoms with Gasteiger partial charge < -0.3 is 0 Å². The van der Waals surface area contributed by atoms with E-state index >= 15 is 0 Å². The number of benzene rings is 8. The summed E-state index contributed by atoms with van der Waals surface area (Å²) in [5, 5.41) is 7.95. The fourth-order valence-corrected chi connectivity index (χ4v) is 11.1. The Balaban J connectivity index is 1.17. The maximum atomic E-state index is 2.52. The summed E-state index contributed by atoms with van der Waals surface area (Å²) in [6.45, 7) is 37.9. The highest BCUT2D eigenvalue weighted by Crippen LogP contribution is 2.57. The van der Waals surface area contributed by atoms with Crippen LogP contribution in [-0.2, 0) is 32.5 Å². The van der Waals surface area contributed by atoms with Crippen molar-refractivity contribution in [2.75, 3.05) is 0 Å². The molecule has 8 aromatic carbocycles. The van der Waals surface area contributed by atoms with Crippen LogP contribution in [0.5, 0.6) is 0 Å². The average Bonchev–Trinajstić information content (AvgIpc) is 3.56. The zero-order chi connectivity index (χ0) is 44.4. The van der Waals surface area contributed by atoms with Crippen LogP contribution < -0.4 is 0 Å². The van der Waals surface area contributed by atoms with Crippen LogP contribution in [0.2, 0.25) is 0 Å². The Morgan fingerprint density at radius 2 is 0.581 bits per heavy atom. The van der Waals surface area contributed by atoms with E-state index in [1.807, 2.05) is 0 Å². The molecule has 2 aliphatic carbocycles. The summed E-state index contributed by atoms with van der Waals surface area (Å²) in [7, 11) is 0. The van der Waals surface area contributed by atoms with Gasteiger partial charge in [0.25, 0.3) is 0 Å². The summed E-state index contributed by atoms with van der Waals surface area (Å²) in [5.41, 5.74) is 22.2. The van der Waals surface area contributed by atoms with Crippen LogP contribution in [0, 0.1) is 0 Å². The molecule has 0 bridgehead atoms. The molecule has 0 saturated carbocycles. The van der Waals surface area contributed by atoms with Crippen molar-refractivity contribution in [3.8, 4) is 44.5 Å². The van der Waals surface area contributed by atoms with E-state index in [2.05, 4.69) is 220 Å². The molecular formula is C62H66. The van der Waals surface area contributed by atoms with Crippen LogP contribution in [0.4, 0.5) is 0 Å². The molecule has 0 atom stereocenters. The predicted octanol–water partition coefficient (Wildman–Crippen LogP) is 17.7. The van der Waals surface area contributed by atoms with Crippen molar-refractivity contribution in [2.24, 2.45) is 0 Å². The lowest BCUT2D eigenvalue weighted by Gasteiger charge is -2.28. The van der Waals surface area contributed by atoms with Gasteiger partial charge in [-0.25, -0.2) is 0 Å². The van der Waals surface area contributed by atoms with Crippen LogP contribution in [0.15, 0.2) is 109 Å². The predicted molar refractivity (Wildman–Crippen MR) is 271 cm³/mol. The van der Waals surface area contributed by atoms with Gasteiger partial charge in [0.15, 0.2) is 0 Å². The second kappa shape index (κ2) is 12.7. The summed E-state index contributed by atoms with van der Waals surface area (Å²) < 4.78 is 0. The third kappa shape index (κ3) is 5.98. The van der Waals surface area contributed by atoms with Crippen LogP contribution in [0.1, 0.15) is 155 Å². The molecular weight excluding hydrogens is 745 g/mol. The molecule has 0 aliphatic heterocycles. The van der Waals surface area contributed by atoms with Gasteiger partial charge in [-0.15, -0.1) is 0 Å². The van der Waals surface area contributed by atoms with Crippen molar-refractivity contribution in [1.29, 1.82) is 0 Å². The molecule has 0 radical (unpaired) electrons. The first-order chi connectivity index (χ1) is 28.7. The molecule has 0 fully saturated rings. The first kappa shape index (κ1) is 40.8. The van der Waals surface area contributed by atoms with Crippen molar-refractivity contribution >= 4 is 32.3 Å². The minimum atomic E-state index is -0.102. The second-order valence-corrected chi connectivity index (χ2v) is 24.4. The zero-order valence-electron chi connectivity index (χ0n) is 40.4. The molecule has 62 heavy (non-hydrogen) atoms. The van der Waals surface area contributed by atoms with E-state index < -0.39 is 0 Å². The molecule has 0 heteroatoms. The normalized spacial score (nSPS) is 15.7. The van der Waals surface area contributed by atoms with E-state index in [-0.39, 0.29) is 32.5 Å². The van der Waals surface area contributed by atoms with Crippen LogP contribution in [0.25, 0.3) is 76.8 Å². The van der Waals surface area contributed by atoms with Gasteiger partial charge >= 0.3 is 0 Å². The first-order valence-corrected chi connectivity index (χ1v) is 23.2. The SMILES string of the molecule is CC(C)(C)c1ccc2c(c1)C(C)(C)c1cc(C(C)(C)C)cc(-c3cc4ccc5cc(-c6cc(C(C)(C)C)cc7c6-c6ccc(C(C)(C)C)cc6C7(C)C)cc6ccc(c3)c4c56)c1-2. The van der Waals surface area contributed by atoms with Gasteiger partial charge in [0.05, 0.1) is 0 Å². The molecule has 0 heterocycles. The first-order valence-electron chi connectivity index (χ1n) is 23.2. The summed E-state index contributed by atoms with van der Waals surface area (Å²) in [4.78, 5) is 0. The Hall–Kier alpha value is -5.20. The number of rotatable bonds is 2. The minimum Gasteiger partial charge on any atom is -0.0579 e. The number of hydrogen-bond acceptors (Lipinski definition) is 0. The van der Waals surface area contributed by atoms with E-state index in [4.69, 9.17) is 0 Å². The molecule has 0 aromatic heterocycles. The quantitative estimate of drug-likeness (QED) is 0.153. The van der Waals surface area contributed by atoms with Gasteiger partial charge in [0.2, 0.25) is 0 Å². The monoisotopic (exact) mass is 811 g/mol. The topological polar surface area (TPSA) is 0 Å². The fraction of sp³-hybridized carbons (Fsp3) is 0.355. The van der Waals surface area contributed by atoms with Crippen molar-refractivity contribution < 1.29 is 0 Å². The highest BCUT2D eigenvalue weighted by molar-refractivity contribution is 6.25. The standard InChI is InChI=1S/C62H66/c1-57(2,3)41-21-23-45-49(31-41)61(13,14)51-33-43(59(7,8)9)29-47(55(45)51)39-25-35-17-19-37-27-40(28-38-20-18-36(26-39)53(35)54(37)38)48-30-44(60(10,11)12)34-52-56(48)46-24-22-42(58(4,5)6)32-50(46)62(52,15)16/h17-34H,1-16H3. The van der Waals surface area contributed by atoms with E-state index in [9.17, 15) is 0 Å². The molecule has 2 aliphatic rings. The minimum absolute atomic E-state index is 0.0126. The highest BCUT2D eigenvalue weighted by Gasteiger charge is 2.41. The lowest BCUT2D eigenvalue weighted by Crippen LogP contribution is -2.19. The Morgan fingerprint density at radius 3 is 0.871 bits per heavy atom. The van der Waals surface area contributed by atoms with Crippen molar-refractivity contribution in [1.82, 2.24) is 0 Å². The summed E-state index contributed by atoms with van der Waals surface area (Å²) in [6, 6.07) is 44.1. The largest absolute Gasteiger partial charge is 0.0579 e. The molecule has 10 rings (SSSR count). The highest BCUT2D eigenvalue weighted by atomic mass is 14.4. The molecule has 8 aromatic rings. The lowest BCUT2D eigenvalue weighted by atomic mass is 9.76. The second-order valence-electron chi connectivity index (χ2n) is 24.4. The number of fused-ring (bicyclic) bond motifs is 6. The molecule has 0 spiro atoms.